The van der Waals surface area contributed by atoms with Gasteiger partial charge in [0.25, 0.3) is 0 Å². The van der Waals surface area contributed by atoms with Gasteiger partial charge in [-0.1, -0.05) is 48.0 Å². The van der Waals surface area contributed by atoms with Crippen molar-refractivity contribution in [1.29, 1.82) is 0 Å². The van der Waals surface area contributed by atoms with Crippen LogP contribution in [0.3, 0.4) is 0 Å². The number of aliphatic hydroxyl groups excluding tert-OH is 1. The lowest BCUT2D eigenvalue weighted by Gasteiger charge is -2.24. The molecular weight excluding hydrogens is 266 g/mol. The molecule has 1 aromatic carbocycles. The fourth-order valence-electron chi connectivity index (χ4n) is 1.91. The van der Waals surface area contributed by atoms with Crippen molar-refractivity contribution in [3.8, 4) is 0 Å². The molecule has 90 valence electrons. The van der Waals surface area contributed by atoms with Gasteiger partial charge in [-0.05, 0) is 24.0 Å². The van der Waals surface area contributed by atoms with E-state index in [9.17, 15) is 5.11 Å². The van der Waals surface area contributed by atoms with Gasteiger partial charge in [-0.25, -0.2) is 0 Å². The van der Waals surface area contributed by atoms with E-state index in [0.717, 1.165) is 16.5 Å². The zero-order valence-corrected chi connectivity index (χ0v) is 11.4. The lowest BCUT2D eigenvalue weighted by atomic mass is 9.89. The number of rotatable bonds is 5. The van der Waals surface area contributed by atoms with Gasteiger partial charge in [-0.2, -0.15) is 0 Å². The lowest BCUT2D eigenvalue weighted by molar-refractivity contribution is 0.121. The highest BCUT2D eigenvalue weighted by atomic mass is 79.9. The van der Waals surface area contributed by atoms with Gasteiger partial charge >= 0.3 is 0 Å². The van der Waals surface area contributed by atoms with Crippen molar-refractivity contribution >= 4 is 15.9 Å². The zero-order chi connectivity index (χ0) is 12.1. The molecule has 3 heteroatoms. The van der Waals surface area contributed by atoms with Crippen molar-refractivity contribution in [3.63, 3.8) is 0 Å². The second kappa shape index (κ2) is 6.38. The summed E-state index contributed by atoms with van der Waals surface area (Å²) in [6.45, 7) is 4.68. The maximum atomic E-state index is 10.2. The minimum atomic E-state index is -0.372. The highest BCUT2D eigenvalue weighted by Gasteiger charge is 2.22. The van der Waals surface area contributed by atoms with Crippen molar-refractivity contribution in [1.82, 2.24) is 0 Å². The second-order valence-corrected chi connectivity index (χ2v) is 5.41. The van der Waals surface area contributed by atoms with E-state index in [2.05, 4.69) is 29.8 Å². The molecule has 0 aliphatic carbocycles. The summed E-state index contributed by atoms with van der Waals surface area (Å²) in [5, 5.41) is 10.2. The number of aliphatic hydroxyl groups is 1. The van der Waals surface area contributed by atoms with E-state index >= 15 is 0 Å². The molecule has 1 aromatic rings. The summed E-state index contributed by atoms with van der Waals surface area (Å²) in [4.78, 5) is 0. The standard InChI is InChI=1S/C13H20BrNO/c1-9(2)7-13(16)11(8-15)10-5-3-4-6-12(10)14/h3-6,9,11,13,16H,7-8,15H2,1-2H3. The monoisotopic (exact) mass is 285 g/mol. The smallest absolute Gasteiger partial charge is 0.0623 e. The molecule has 0 aromatic heterocycles. The Morgan fingerprint density at radius 1 is 1.31 bits per heavy atom. The van der Waals surface area contributed by atoms with Gasteiger partial charge in [-0.15, -0.1) is 0 Å². The minimum Gasteiger partial charge on any atom is -0.392 e. The van der Waals surface area contributed by atoms with Gasteiger partial charge in [0.1, 0.15) is 0 Å². The number of nitrogens with two attached hydrogens (primary N) is 1. The average molecular weight is 286 g/mol. The highest BCUT2D eigenvalue weighted by Crippen LogP contribution is 2.29. The summed E-state index contributed by atoms with van der Waals surface area (Å²) in [5.74, 6) is 0.490. The van der Waals surface area contributed by atoms with Gasteiger partial charge in [0, 0.05) is 16.9 Å². The van der Waals surface area contributed by atoms with E-state index in [4.69, 9.17) is 5.73 Å². The molecule has 2 atom stereocenters. The van der Waals surface area contributed by atoms with Crippen molar-refractivity contribution in [2.45, 2.75) is 32.3 Å². The van der Waals surface area contributed by atoms with Crippen LogP contribution in [0.25, 0.3) is 0 Å². The molecule has 2 unspecified atom stereocenters. The summed E-state index contributed by atoms with van der Waals surface area (Å²) in [5.41, 5.74) is 6.86. The van der Waals surface area contributed by atoms with Crippen LogP contribution in [0.4, 0.5) is 0 Å². The molecule has 16 heavy (non-hydrogen) atoms. The van der Waals surface area contributed by atoms with E-state index in [1.165, 1.54) is 0 Å². The Kier molecular flexibility index (Phi) is 5.46. The first kappa shape index (κ1) is 13.7. The Labute approximate surface area is 106 Å². The Bertz CT molecular complexity index is 327. The Morgan fingerprint density at radius 3 is 2.44 bits per heavy atom. The average Bonchev–Trinajstić information content (AvgIpc) is 2.20. The molecular formula is C13H20BrNO. The molecule has 0 bridgehead atoms. The van der Waals surface area contributed by atoms with Gasteiger partial charge in [0.15, 0.2) is 0 Å². The van der Waals surface area contributed by atoms with Gasteiger partial charge in [-0.3, -0.25) is 0 Å². The molecule has 0 spiro atoms. The van der Waals surface area contributed by atoms with Crippen LogP contribution in [-0.2, 0) is 0 Å². The van der Waals surface area contributed by atoms with Crippen LogP contribution in [0, 0.1) is 5.92 Å². The third-order valence-corrected chi connectivity index (χ3v) is 3.46. The summed E-state index contributed by atoms with van der Waals surface area (Å²) in [6.07, 6.45) is 0.409. The number of hydrogen-bond acceptors (Lipinski definition) is 2. The first-order chi connectivity index (χ1) is 7.56. The predicted octanol–water partition coefficient (Wildman–Crippen LogP) is 2.90. The van der Waals surface area contributed by atoms with E-state index < -0.39 is 0 Å². The zero-order valence-electron chi connectivity index (χ0n) is 9.86. The first-order valence-corrected chi connectivity index (χ1v) is 6.48. The van der Waals surface area contributed by atoms with Crippen LogP contribution in [0.5, 0.6) is 0 Å². The van der Waals surface area contributed by atoms with Crippen LogP contribution in [0.1, 0.15) is 31.7 Å². The van der Waals surface area contributed by atoms with Gasteiger partial charge < -0.3 is 10.8 Å². The molecule has 2 nitrogen and oxygen atoms in total. The van der Waals surface area contributed by atoms with Crippen molar-refractivity contribution in [2.24, 2.45) is 11.7 Å². The summed E-state index contributed by atoms with van der Waals surface area (Å²) >= 11 is 3.51. The lowest BCUT2D eigenvalue weighted by Crippen LogP contribution is -2.27. The molecule has 0 fully saturated rings. The van der Waals surface area contributed by atoms with E-state index in [0.29, 0.717) is 12.5 Å². The SMILES string of the molecule is CC(C)CC(O)C(CN)c1ccccc1Br. The molecule has 0 saturated carbocycles. The number of halogens is 1. The predicted molar refractivity (Wildman–Crippen MR) is 71.4 cm³/mol. The third kappa shape index (κ3) is 3.58. The summed E-state index contributed by atoms with van der Waals surface area (Å²) in [6, 6.07) is 7.95. The maximum Gasteiger partial charge on any atom is 0.0623 e. The Balaban J connectivity index is 2.86. The van der Waals surface area contributed by atoms with Crippen LogP contribution in [-0.4, -0.2) is 17.8 Å². The fourth-order valence-corrected chi connectivity index (χ4v) is 2.49. The fraction of sp³-hybridized carbons (Fsp3) is 0.538. The van der Waals surface area contributed by atoms with Gasteiger partial charge in [0.2, 0.25) is 0 Å². The van der Waals surface area contributed by atoms with Crippen molar-refractivity contribution < 1.29 is 5.11 Å². The molecule has 1 rings (SSSR count). The summed E-state index contributed by atoms with van der Waals surface area (Å²) < 4.78 is 1.02. The van der Waals surface area contributed by atoms with Crippen molar-refractivity contribution in [2.75, 3.05) is 6.54 Å². The minimum absolute atomic E-state index is 0.0120. The highest BCUT2D eigenvalue weighted by molar-refractivity contribution is 9.10. The maximum absolute atomic E-state index is 10.2. The van der Waals surface area contributed by atoms with Crippen molar-refractivity contribution in [3.05, 3.63) is 34.3 Å². The number of benzene rings is 1. The Morgan fingerprint density at radius 2 is 1.94 bits per heavy atom. The molecule has 0 heterocycles. The van der Waals surface area contributed by atoms with Crippen LogP contribution < -0.4 is 5.73 Å². The Hall–Kier alpha value is -0.380. The summed E-state index contributed by atoms with van der Waals surface area (Å²) in [7, 11) is 0. The quantitative estimate of drug-likeness (QED) is 0.874. The van der Waals surface area contributed by atoms with Crippen LogP contribution in [0.15, 0.2) is 28.7 Å². The van der Waals surface area contributed by atoms with E-state index in [1.54, 1.807) is 0 Å². The second-order valence-electron chi connectivity index (χ2n) is 4.56. The van der Waals surface area contributed by atoms with E-state index in [1.807, 2.05) is 24.3 Å². The largest absolute Gasteiger partial charge is 0.392 e. The molecule has 0 aliphatic heterocycles. The third-order valence-electron chi connectivity index (χ3n) is 2.74. The number of hydrogen-bond donors (Lipinski definition) is 2. The molecule has 0 aliphatic rings. The van der Waals surface area contributed by atoms with Gasteiger partial charge in [0.05, 0.1) is 6.10 Å². The van der Waals surface area contributed by atoms with E-state index in [-0.39, 0.29) is 12.0 Å². The molecule has 0 radical (unpaired) electrons. The topological polar surface area (TPSA) is 46.2 Å². The molecule has 0 amide bonds. The normalized spacial score (nSPS) is 15.1. The first-order valence-electron chi connectivity index (χ1n) is 5.68. The molecule has 0 saturated heterocycles. The van der Waals surface area contributed by atoms with Crippen LogP contribution >= 0.6 is 15.9 Å². The van der Waals surface area contributed by atoms with Crippen LogP contribution in [0.2, 0.25) is 0 Å². The molecule has 3 N–H and O–H groups in total.